The summed E-state index contributed by atoms with van der Waals surface area (Å²) in [6.45, 7) is 7.82. The van der Waals surface area contributed by atoms with Crippen LogP contribution in [0, 0.1) is 26.6 Å². The third-order valence-corrected chi connectivity index (χ3v) is 6.17. The Kier molecular flexibility index (Phi) is 7.83. The summed E-state index contributed by atoms with van der Waals surface area (Å²) in [7, 11) is -0.0767. The molecule has 0 saturated heterocycles. The van der Waals surface area contributed by atoms with E-state index in [1.165, 1.54) is 23.8 Å². The summed E-state index contributed by atoms with van der Waals surface area (Å²) in [5.74, 6) is -0.123. The lowest BCUT2D eigenvalue weighted by Gasteiger charge is -2.18. The van der Waals surface area contributed by atoms with Crippen LogP contribution in [-0.2, 0) is 23.5 Å². The van der Waals surface area contributed by atoms with Crippen LogP contribution in [0.25, 0.3) is 0 Å². The molecule has 0 aliphatic rings. The zero-order chi connectivity index (χ0) is 22.5. The number of aromatic nitrogens is 2. The molecule has 1 aromatic heterocycles. The second-order valence-electron chi connectivity index (χ2n) is 7.41. The molecule has 166 valence electrons. The molecule has 10 heteroatoms. The van der Waals surface area contributed by atoms with Gasteiger partial charge in [0.25, 0.3) is 0 Å². The lowest BCUT2D eigenvalue weighted by Crippen LogP contribution is -2.44. The molecular formula is C20H31FN6O2S. The summed E-state index contributed by atoms with van der Waals surface area (Å²) in [4.78, 5) is 4.15. The highest BCUT2D eigenvalue weighted by Gasteiger charge is 2.15. The number of halogens is 1. The average Bonchev–Trinajstić information content (AvgIpc) is 2.89. The maximum atomic E-state index is 13.6. The smallest absolute Gasteiger partial charge is 0.234 e. The van der Waals surface area contributed by atoms with Crippen molar-refractivity contribution in [2.75, 3.05) is 24.1 Å². The molecule has 1 atom stereocenters. The number of hydrogen-bond acceptors (Lipinski definition) is 4. The molecule has 0 amide bonds. The lowest BCUT2D eigenvalue weighted by molar-refractivity contribution is 0.598. The monoisotopic (exact) mass is 438 g/mol. The predicted octanol–water partition coefficient (Wildman–Crippen LogP) is 2.02. The number of rotatable bonds is 8. The van der Waals surface area contributed by atoms with Crippen molar-refractivity contribution in [3.63, 3.8) is 0 Å². The van der Waals surface area contributed by atoms with Crippen LogP contribution in [0.4, 0.5) is 10.1 Å². The summed E-state index contributed by atoms with van der Waals surface area (Å²) in [6.07, 6.45) is 0.769. The van der Waals surface area contributed by atoms with E-state index in [-0.39, 0.29) is 24.0 Å². The van der Waals surface area contributed by atoms with Crippen LogP contribution in [0.15, 0.2) is 23.2 Å². The first-order valence-electron chi connectivity index (χ1n) is 9.75. The first-order chi connectivity index (χ1) is 14.0. The van der Waals surface area contributed by atoms with Gasteiger partial charge in [-0.2, -0.15) is 5.10 Å². The first kappa shape index (κ1) is 23.7. The molecule has 1 unspecified atom stereocenters. The van der Waals surface area contributed by atoms with Crippen LogP contribution in [0.1, 0.15) is 29.4 Å². The molecule has 0 aliphatic carbocycles. The van der Waals surface area contributed by atoms with Crippen molar-refractivity contribution < 1.29 is 12.8 Å². The van der Waals surface area contributed by atoms with Crippen molar-refractivity contribution in [2.24, 2.45) is 12.0 Å². The summed E-state index contributed by atoms with van der Waals surface area (Å²) in [5, 5.41) is 10.7. The SMILES string of the molecule is CN=C(NCCS(=O)(=O)Nc1ccc(C)c(F)c1)NC(C)Cc1c(C)nn(C)c1C. The summed E-state index contributed by atoms with van der Waals surface area (Å²) in [6, 6.07) is 4.31. The van der Waals surface area contributed by atoms with Crippen LogP contribution in [0.5, 0.6) is 0 Å². The molecule has 8 nitrogen and oxygen atoms in total. The van der Waals surface area contributed by atoms with Crippen LogP contribution in [-0.4, -0.2) is 49.5 Å². The van der Waals surface area contributed by atoms with Gasteiger partial charge in [-0.1, -0.05) is 6.07 Å². The first-order valence-corrected chi connectivity index (χ1v) is 11.4. The number of hydrogen-bond donors (Lipinski definition) is 3. The minimum absolute atomic E-state index is 0.0723. The molecule has 1 aromatic carbocycles. The van der Waals surface area contributed by atoms with Gasteiger partial charge in [0, 0.05) is 32.4 Å². The standard InChI is InChI=1S/C20H31FN6O2S/c1-13-7-8-17(12-19(13)21)26-30(28,29)10-9-23-20(22-5)24-14(2)11-18-15(3)25-27(6)16(18)4/h7-8,12,14,26H,9-11H2,1-6H3,(H2,22,23,24). The zero-order valence-corrected chi connectivity index (χ0v) is 19.2. The molecule has 30 heavy (non-hydrogen) atoms. The van der Waals surface area contributed by atoms with E-state index >= 15 is 0 Å². The topological polar surface area (TPSA) is 100 Å². The normalized spacial score (nSPS) is 13.2. The molecule has 2 rings (SSSR count). The van der Waals surface area contributed by atoms with Crippen molar-refractivity contribution in [1.29, 1.82) is 0 Å². The van der Waals surface area contributed by atoms with E-state index in [1.54, 1.807) is 14.0 Å². The van der Waals surface area contributed by atoms with E-state index in [0.29, 0.717) is 11.5 Å². The third kappa shape index (κ3) is 6.45. The Morgan fingerprint density at radius 1 is 1.30 bits per heavy atom. The van der Waals surface area contributed by atoms with Gasteiger partial charge in [-0.15, -0.1) is 0 Å². The predicted molar refractivity (Wildman–Crippen MR) is 119 cm³/mol. The van der Waals surface area contributed by atoms with Crippen molar-refractivity contribution in [3.8, 4) is 0 Å². The third-order valence-electron chi connectivity index (χ3n) is 4.88. The second kappa shape index (κ2) is 9.92. The van der Waals surface area contributed by atoms with Crippen molar-refractivity contribution in [3.05, 3.63) is 46.5 Å². The average molecular weight is 439 g/mol. The maximum absolute atomic E-state index is 13.6. The number of anilines is 1. The fourth-order valence-electron chi connectivity index (χ4n) is 3.09. The van der Waals surface area contributed by atoms with E-state index in [0.717, 1.165) is 17.8 Å². The van der Waals surface area contributed by atoms with Crippen LogP contribution < -0.4 is 15.4 Å². The van der Waals surface area contributed by atoms with Crippen LogP contribution in [0.3, 0.4) is 0 Å². The Balaban J connectivity index is 1.86. The van der Waals surface area contributed by atoms with Gasteiger partial charge in [0.2, 0.25) is 10.0 Å². The minimum Gasteiger partial charge on any atom is -0.355 e. The quantitative estimate of drug-likeness (QED) is 0.433. The molecule has 0 bridgehead atoms. The molecule has 2 aromatic rings. The van der Waals surface area contributed by atoms with E-state index in [2.05, 4.69) is 25.4 Å². The Morgan fingerprint density at radius 2 is 2.00 bits per heavy atom. The molecule has 0 spiro atoms. The van der Waals surface area contributed by atoms with Crippen molar-refractivity contribution in [2.45, 2.75) is 40.2 Å². The maximum Gasteiger partial charge on any atom is 0.234 e. The lowest BCUT2D eigenvalue weighted by atomic mass is 10.1. The zero-order valence-electron chi connectivity index (χ0n) is 18.4. The number of nitrogens with zero attached hydrogens (tertiary/aromatic N) is 3. The van der Waals surface area contributed by atoms with E-state index < -0.39 is 15.8 Å². The molecule has 1 heterocycles. The van der Waals surface area contributed by atoms with Gasteiger partial charge in [0.05, 0.1) is 17.1 Å². The molecule has 0 aliphatic heterocycles. The number of aryl methyl sites for hydroxylation is 3. The Morgan fingerprint density at radius 3 is 2.57 bits per heavy atom. The van der Waals surface area contributed by atoms with Gasteiger partial charge < -0.3 is 10.6 Å². The molecule has 0 radical (unpaired) electrons. The summed E-state index contributed by atoms with van der Waals surface area (Å²) < 4.78 is 42.4. The van der Waals surface area contributed by atoms with E-state index in [1.807, 2.05) is 32.5 Å². The number of sulfonamides is 1. The number of benzene rings is 1. The summed E-state index contributed by atoms with van der Waals surface area (Å²) >= 11 is 0. The highest BCUT2D eigenvalue weighted by Crippen LogP contribution is 2.15. The fourth-order valence-corrected chi connectivity index (χ4v) is 4.05. The second-order valence-corrected chi connectivity index (χ2v) is 9.25. The molecule has 0 saturated carbocycles. The summed E-state index contributed by atoms with van der Waals surface area (Å²) in [5.41, 5.74) is 3.96. The highest BCUT2D eigenvalue weighted by atomic mass is 32.2. The van der Waals surface area contributed by atoms with Crippen molar-refractivity contribution in [1.82, 2.24) is 20.4 Å². The van der Waals surface area contributed by atoms with Crippen LogP contribution in [0.2, 0.25) is 0 Å². The van der Waals surface area contributed by atoms with E-state index in [9.17, 15) is 12.8 Å². The Hall–Kier alpha value is -2.62. The Labute approximate surface area is 178 Å². The molecule has 3 N–H and O–H groups in total. The van der Waals surface area contributed by atoms with Crippen LogP contribution >= 0.6 is 0 Å². The van der Waals surface area contributed by atoms with Gasteiger partial charge >= 0.3 is 0 Å². The number of guanidine groups is 1. The van der Waals surface area contributed by atoms with Gasteiger partial charge in [0.1, 0.15) is 5.82 Å². The fraction of sp³-hybridized carbons (Fsp3) is 0.500. The Bertz CT molecular complexity index is 1020. The van der Waals surface area contributed by atoms with Gasteiger partial charge in [-0.05, 0) is 57.4 Å². The van der Waals surface area contributed by atoms with Gasteiger partial charge in [0.15, 0.2) is 5.96 Å². The van der Waals surface area contributed by atoms with E-state index in [4.69, 9.17) is 0 Å². The highest BCUT2D eigenvalue weighted by molar-refractivity contribution is 7.92. The minimum atomic E-state index is -3.63. The van der Waals surface area contributed by atoms with Gasteiger partial charge in [-0.3, -0.25) is 14.4 Å². The van der Waals surface area contributed by atoms with Gasteiger partial charge in [-0.25, -0.2) is 12.8 Å². The largest absolute Gasteiger partial charge is 0.355 e. The molecule has 0 fully saturated rings. The number of nitrogens with one attached hydrogen (secondary N) is 3. The molecular weight excluding hydrogens is 407 g/mol. The number of aliphatic imine (C=N–C) groups is 1. The van der Waals surface area contributed by atoms with Crippen molar-refractivity contribution >= 4 is 21.7 Å².